The Hall–Kier alpha value is 0.501. The monoisotopic (exact) mass is 397 g/mol. The fourth-order valence-electron chi connectivity index (χ4n) is 2.89. The minimum atomic E-state index is -1.51. The Kier molecular flexibility index (Phi) is 10.1. The van der Waals surface area contributed by atoms with Gasteiger partial charge in [0.05, 0.1) is 0 Å². The van der Waals surface area contributed by atoms with Crippen molar-refractivity contribution >= 4 is 50.5 Å². The third kappa shape index (κ3) is 4.99. The zero-order valence-electron chi connectivity index (χ0n) is 13.2. The van der Waals surface area contributed by atoms with Gasteiger partial charge in [-0.25, -0.2) is 0 Å². The van der Waals surface area contributed by atoms with Crippen molar-refractivity contribution in [3.63, 3.8) is 0 Å². The zero-order valence-corrected chi connectivity index (χ0v) is 18.3. The molecule has 0 bridgehead atoms. The third-order valence-electron chi connectivity index (χ3n) is 3.98. The Morgan fingerprint density at radius 1 is 0.905 bits per heavy atom. The molecule has 0 aromatic heterocycles. The van der Waals surface area contributed by atoms with Crippen molar-refractivity contribution in [1.29, 1.82) is 0 Å². The Morgan fingerprint density at radius 2 is 1.38 bits per heavy atom. The van der Waals surface area contributed by atoms with Crippen molar-refractivity contribution in [2.75, 3.05) is 0 Å². The summed E-state index contributed by atoms with van der Waals surface area (Å²) in [5, 5.41) is 3.21. The van der Waals surface area contributed by atoms with Crippen LogP contribution in [0.4, 0.5) is 0 Å². The molecule has 0 saturated heterocycles. The predicted octanol–water partition coefficient (Wildman–Crippen LogP) is 5.17. The molecule has 5 heteroatoms. The molecule has 0 N–H and O–H groups in total. The van der Waals surface area contributed by atoms with Crippen LogP contribution in [0.5, 0.6) is 0 Å². The summed E-state index contributed by atoms with van der Waals surface area (Å²) in [6.45, 7) is 11.7. The number of rotatable bonds is 2. The van der Waals surface area contributed by atoms with Crippen molar-refractivity contribution in [2.45, 2.75) is 40.3 Å². The quantitative estimate of drug-likeness (QED) is 0.603. The van der Waals surface area contributed by atoms with Gasteiger partial charge in [0.25, 0.3) is 0 Å². The summed E-state index contributed by atoms with van der Waals surface area (Å²) < 4.78 is 1.55. The van der Waals surface area contributed by atoms with Gasteiger partial charge in [-0.15, -0.1) is 37.2 Å². The Labute approximate surface area is 160 Å². The maximum absolute atomic E-state index is 2.48. The molecule has 0 amide bonds. The minimum absolute atomic E-state index is 0. The van der Waals surface area contributed by atoms with Crippen LogP contribution in [0.2, 0.25) is 13.1 Å². The number of hydrogen-bond acceptors (Lipinski definition) is 0. The van der Waals surface area contributed by atoms with E-state index in [1.165, 1.54) is 11.1 Å². The summed E-state index contributed by atoms with van der Waals surface area (Å²) in [4.78, 5) is 0. The van der Waals surface area contributed by atoms with E-state index in [9.17, 15) is 0 Å². The maximum Gasteiger partial charge on any atom is -0.147 e. The molecule has 0 radical (unpaired) electrons. The summed E-state index contributed by atoms with van der Waals surface area (Å²) in [6, 6.07) is 7.05. The van der Waals surface area contributed by atoms with Crippen LogP contribution in [0.1, 0.15) is 24.5 Å². The van der Waals surface area contributed by atoms with Gasteiger partial charge in [-0.05, 0) is 0 Å². The third-order valence-corrected chi connectivity index (χ3v) is 8.55. The first kappa shape index (κ1) is 23.8. The molecule has 0 saturated carbocycles. The van der Waals surface area contributed by atoms with Crippen molar-refractivity contribution in [3.05, 3.63) is 50.0 Å². The standard InChI is InChI=1S/C16H21Si.3ClH.Ti/c1-12-9-13(2)11-15(10-12)17(4,5)16-8-6-7-14(16)3;;;;/h8-11H,6H2,1-5H3;3*1H;. The van der Waals surface area contributed by atoms with Gasteiger partial charge in [0.2, 0.25) is 0 Å². The molecule has 1 aromatic carbocycles. The van der Waals surface area contributed by atoms with Gasteiger partial charge in [-0.2, -0.15) is 0 Å². The molecule has 0 heterocycles. The molecule has 0 atom stereocenters. The van der Waals surface area contributed by atoms with Crippen molar-refractivity contribution in [2.24, 2.45) is 0 Å². The van der Waals surface area contributed by atoms with Gasteiger partial charge in [0.15, 0.2) is 0 Å². The van der Waals surface area contributed by atoms with E-state index in [-0.39, 0.29) is 37.2 Å². The first-order valence-corrected chi connectivity index (χ1v) is 10.3. The summed E-state index contributed by atoms with van der Waals surface area (Å²) in [5.41, 5.74) is 4.33. The number of hydrogen-bond donors (Lipinski definition) is 0. The van der Waals surface area contributed by atoms with Gasteiger partial charge >= 0.3 is 124 Å². The SMILES string of the molecule is CC1=[C]([Ti])CC=C1[Si](C)(C)c1cc(C)cc(C)c1.Cl.Cl.Cl. The number of allylic oxidation sites excluding steroid dienone is 4. The van der Waals surface area contributed by atoms with E-state index < -0.39 is 8.07 Å². The van der Waals surface area contributed by atoms with Crippen LogP contribution in [0.3, 0.4) is 0 Å². The first-order chi connectivity index (χ1) is 8.32. The smallest absolute Gasteiger partial charge is 0.147 e. The van der Waals surface area contributed by atoms with E-state index in [0.29, 0.717) is 0 Å². The van der Waals surface area contributed by atoms with Crippen molar-refractivity contribution in [1.82, 2.24) is 0 Å². The maximum atomic E-state index is 2.48. The molecular formula is C16H24Cl3SiTi. The van der Waals surface area contributed by atoms with E-state index in [0.717, 1.165) is 6.42 Å². The van der Waals surface area contributed by atoms with Crippen LogP contribution < -0.4 is 5.19 Å². The van der Waals surface area contributed by atoms with Gasteiger partial charge < -0.3 is 0 Å². The minimum Gasteiger partial charge on any atom is -0.147 e. The molecule has 0 nitrogen and oxygen atoms in total. The number of aryl methyl sites for hydroxylation is 2. The fraction of sp³-hybridized carbons (Fsp3) is 0.375. The van der Waals surface area contributed by atoms with E-state index in [2.05, 4.69) is 78.6 Å². The largest absolute Gasteiger partial charge is 0.147 e. The van der Waals surface area contributed by atoms with Gasteiger partial charge in [-0.3, -0.25) is 0 Å². The number of halogens is 3. The van der Waals surface area contributed by atoms with Gasteiger partial charge in [-0.1, -0.05) is 0 Å². The van der Waals surface area contributed by atoms with Crippen LogP contribution in [0.25, 0.3) is 0 Å². The molecule has 2 rings (SSSR count). The summed E-state index contributed by atoms with van der Waals surface area (Å²) >= 11 is 2.27. The first-order valence-electron chi connectivity index (χ1n) is 6.53. The van der Waals surface area contributed by atoms with Crippen LogP contribution in [0.15, 0.2) is 38.9 Å². The fourth-order valence-corrected chi connectivity index (χ4v) is 6.64. The molecular weight excluding hydrogens is 374 g/mol. The average molecular weight is 399 g/mol. The predicted molar refractivity (Wildman–Crippen MR) is 100 cm³/mol. The second-order valence-electron chi connectivity index (χ2n) is 5.93. The molecule has 21 heavy (non-hydrogen) atoms. The van der Waals surface area contributed by atoms with Crippen LogP contribution in [-0.2, 0) is 20.4 Å². The van der Waals surface area contributed by atoms with Crippen molar-refractivity contribution < 1.29 is 20.4 Å². The topological polar surface area (TPSA) is 0 Å². The van der Waals surface area contributed by atoms with E-state index in [4.69, 9.17) is 0 Å². The second kappa shape index (κ2) is 8.96. The Balaban J connectivity index is 0. The molecule has 1 aliphatic carbocycles. The Morgan fingerprint density at radius 3 is 1.76 bits per heavy atom. The summed E-state index contributed by atoms with van der Waals surface area (Å²) in [6.07, 6.45) is 3.62. The van der Waals surface area contributed by atoms with Gasteiger partial charge in [0, 0.05) is 0 Å². The molecule has 0 fully saturated rings. The van der Waals surface area contributed by atoms with E-state index in [1.54, 1.807) is 19.8 Å². The van der Waals surface area contributed by atoms with Crippen LogP contribution in [0, 0.1) is 13.8 Å². The molecule has 0 unspecified atom stereocenters. The molecule has 1 aliphatic rings. The Bertz CT molecular complexity index is 542. The molecule has 117 valence electrons. The van der Waals surface area contributed by atoms with E-state index in [1.807, 2.05) is 0 Å². The second-order valence-corrected chi connectivity index (χ2v) is 11.2. The molecule has 0 aliphatic heterocycles. The summed E-state index contributed by atoms with van der Waals surface area (Å²) in [7, 11) is -1.51. The van der Waals surface area contributed by atoms with Crippen molar-refractivity contribution in [3.8, 4) is 0 Å². The number of benzene rings is 1. The zero-order chi connectivity index (χ0) is 13.5. The normalized spacial score (nSPS) is 13.8. The van der Waals surface area contributed by atoms with E-state index >= 15 is 0 Å². The molecule has 1 aromatic rings. The van der Waals surface area contributed by atoms with Gasteiger partial charge in [0.1, 0.15) is 0 Å². The average Bonchev–Trinajstić information content (AvgIpc) is 2.58. The van der Waals surface area contributed by atoms with Crippen LogP contribution >= 0.6 is 37.2 Å². The molecule has 0 spiro atoms. The van der Waals surface area contributed by atoms with Crippen LogP contribution in [-0.4, -0.2) is 8.07 Å². The summed E-state index contributed by atoms with van der Waals surface area (Å²) in [5.74, 6) is 0.